The molecule has 1 saturated heterocycles. The van der Waals surface area contributed by atoms with Gasteiger partial charge in [-0.25, -0.2) is 8.42 Å². The van der Waals surface area contributed by atoms with Crippen LogP contribution in [0.5, 0.6) is 5.75 Å². The van der Waals surface area contributed by atoms with E-state index in [0.717, 1.165) is 0 Å². The molecule has 0 aromatic heterocycles. The fourth-order valence-corrected chi connectivity index (χ4v) is 4.94. The molecule has 1 aliphatic rings. The van der Waals surface area contributed by atoms with Gasteiger partial charge < -0.3 is 14.8 Å². The quantitative estimate of drug-likeness (QED) is 0.800. The Labute approximate surface area is 149 Å². The van der Waals surface area contributed by atoms with Crippen LogP contribution in [0.1, 0.15) is 39.7 Å². The highest BCUT2D eigenvalue weighted by molar-refractivity contribution is 7.92. The normalized spacial score (nSPS) is 23.0. The van der Waals surface area contributed by atoms with Crippen LogP contribution < -0.4 is 10.1 Å². The molecule has 1 aromatic carbocycles. The Morgan fingerprint density at radius 2 is 1.88 bits per heavy atom. The zero-order valence-corrected chi connectivity index (χ0v) is 16.1. The highest BCUT2D eigenvalue weighted by Crippen LogP contribution is 2.37. The second-order valence-corrected chi connectivity index (χ2v) is 9.63. The van der Waals surface area contributed by atoms with E-state index in [4.69, 9.17) is 9.47 Å². The maximum absolute atomic E-state index is 12.9. The predicted molar refractivity (Wildman–Crippen MR) is 96.4 cm³/mol. The molecule has 7 heteroatoms. The van der Waals surface area contributed by atoms with Gasteiger partial charge in [0.15, 0.2) is 9.84 Å². The molecular weight excluding hydrogens is 342 g/mol. The average molecular weight is 369 g/mol. The van der Waals surface area contributed by atoms with Crippen LogP contribution in [-0.4, -0.2) is 45.4 Å². The number of rotatable bonds is 5. The first-order valence-corrected chi connectivity index (χ1v) is 10.1. The van der Waals surface area contributed by atoms with Crippen molar-refractivity contribution in [1.82, 2.24) is 5.32 Å². The van der Waals surface area contributed by atoms with Gasteiger partial charge in [0, 0.05) is 13.1 Å². The van der Waals surface area contributed by atoms with Crippen LogP contribution in [0.15, 0.2) is 24.3 Å². The molecule has 1 fully saturated rings. The molecule has 6 nitrogen and oxygen atoms in total. The van der Waals surface area contributed by atoms with E-state index in [1.165, 1.54) is 0 Å². The van der Waals surface area contributed by atoms with Crippen LogP contribution in [0.25, 0.3) is 0 Å². The van der Waals surface area contributed by atoms with E-state index >= 15 is 0 Å². The van der Waals surface area contributed by atoms with E-state index in [1.807, 2.05) is 20.8 Å². The molecule has 0 amide bonds. The third kappa shape index (κ3) is 4.52. The Morgan fingerprint density at radius 1 is 1.24 bits per heavy atom. The van der Waals surface area contributed by atoms with Crippen molar-refractivity contribution in [1.29, 1.82) is 0 Å². The third-order valence-corrected chi connectivity index (χ3v) is 6.55. The average Bonchev–Trinajstić information content (AvgIpc) is 2.49. The van der Waals surface area contributed by atoms with Crippen molar-refractivity contribution in [3.8, 4) is 5.75 Å². The van der Waals surface area contributed by atoms with Gasteiger partial charge in [0.05, 0.1) is 18.8 Å². The number of carbonyl (C=O) groups excluding carboxylic acids is 1. The van der Waals surface area contributed by atoms with E-state index in [0.29, 0.717) is 17.9 Å². The molecule has 140 valence electrons. The van der Waals surface area contributed by atoms with Gasteiger partial charge in [-0.1, -0.05) is 12.1 Å². The first kappa shape index (κ1) is 19.7. The van der Waals surface area contributed by atoms with E-state index in [1.54, 1.807) is 31.2 Å². The summed E-state index contributed by atoms with van der Waals surface area (Å²) < 4.78 is 35.3. The molecule has 0 saturated carbocycles. The zero-order valence-electron chi connectivity index (χ0n) is 15.3. The number of sulfone groups is 1. The van der Waals surface area contributed by atoms with Gasteiger partial charge in [-0.05, 0) is 45.4 Å². The molecule has 1 N–H and O–H groups in total. The number of benzene rings is 1. The lowest BCUT2D eigenvalue weighted by molar-refractivity contribution is -0.144. The number of nitrogens with one attached hydrogen (secondary N) is 1. The minimum absolute atomic E-state index is 0.00729. The van der Waals surface area contributed by atoms with E-state index in [9.17, 15) is 13.2 Å². The van der Waals surface area contributed by atoms with Gasteiger partial charge >= 0.3 is 5.97 Å². The maximum Gasteiger partial charge on any atom is 0.307 e. The Balaban J connectivity index is 2.40. The second-order valence-electron chi connectivity index (χ2n) is 7.21. The van der Waals surface area contributed by atoms with Gasteiger partial charge in [0.1, 0.15) is 16.1 Å². The molecule has 1 atom stereocenters. The van der Waals surface area contributed by atoms with Gasteiger partial charge in [-0.3, -0.25) is 4.79 Å². The molecule has 1 aromatic rings. The number of hydrogen-bond donors (Lipinski definition) is 1. The van der Waals surface area contributed by atoms with Crippen LogP contribution in [0.4, 0.5) is 0 Å². The number of esters is 1. The lowest BCUT2D eigenvalue weighted by atomic mass is 9.94. The van der Waals surface area contributed by atoms with Gasteiger partial charge in [-0.2, -0.15) is 0 Å². The molecule has 25 heavy (non-hydrogen) atoms. The Kier molecular flexibility index (Phi) is 5.79. The molecule has 0 aliphatic carbocycles. The van der Waals surface area contributed by atoms with Gasteiger partial charge in [-0.15, -0.1) is 0 Å². The molecule has 1 unspecified atom stereocenters. The second kappa shape index (κ2) is 7.33. The largest absolute Gasteiger partial charge is 0.488 e. The van der Waals surface area contributed by atoms with Crippen LogP contribution in [-0.2, 0) is 24.1 Å². The molecule has 0 bridgehead atoms. The van der Waals surface area contributed by atoms with Gasteiger partial charge in [0.2, 0.25) is 0 Å². The Hall–Kier alpha value is -1.60. The standard InChI is InChI=1S/C18H27NO5S/c1-5-23-16(20)12-18(13-19-10-11-25(18,21)22)14-6-8-15(9-7-14)24-17(2,3)4/h6-9,19H,5,10-13H2,1-4H3. The minimum atomic E-state index is -3.50. The molecule has 0 spiro atoms. The van der Waals surface area contributed by atoms with Crippen molar-refractivity contribution in [3.05, 3.63) is 29.8 Å². The van der Waals surface area contributed by atoms with E-state index < -0.39 is 20.6 Å². The molecule has 0 radical (unpaired) electrons. The monoisotopic (exact) mass is 369 g/mol. The van der Waals surface area contributed by atoms with Crippen LogP contribution >= 0.6 is 0 Å². The summed E-state index contributed by atoms with van der Waals surface area (Å²) in [6.45, 7) is 8.33. The topological polar surface area (TPSA) is 81.7 Å². The lowest BCUT2D eigenvalue weighted by Gasteiger charge is -2.37. The number of carbonyl (C=O) groups is 1. The smallest absolute Gasteiger partial charge is 0.307 e. The van der Waals surface area contributed by atoms with E-state index in [-0.39, 0.29) is 30.9 Å². The van der Waals surface area contributed by atoms with Crippen molar-refractivity contribution in [2.75, 3.05) is 25.4 Å². The van der Waals surface area contributed by atoms with E-state index in [2.05, 4.69) is 5.32 Å². The fraction of sp³-hybridized carbons (Fsp3) is 0.611. The first-order valence-electron chi connectivity index (χ1n) is 8.48. The number of hydrogen-bond acceptors (Lipinski definition) is 6. The van der Waals surface area contributed by atoms with Crippen molar-refractivity contribution in [2.24, 2.45) is 0 Å². The van der Waals surface area contributed by atoms with Gasteiger partial charge in [0.25, 0.3) is 0 Å². The summed E-state index contributed by atoms with van der Waals surface area (Å²) in [7, 11) is -3.50. The lowest BCUT2D eigenvalue weighted by Crippen LogP contribution is -2.53. The highest BCUT2D eigenvalue weighted by Gasteiger charge is 2.48. The molecule has 1 aliphatic heterocycles. The summed E-state index contributed by atoms with van der Waals surface area (Å²) in [6.07, 6.45) is -0.199. The summed E-state index contributed by atoms with van der Waals surface area (Å²) in [5.74, 6) is 0.139. The fourth-order valence-electron chi connectivity index (χ4n) is 2.98. The van der Waals surface area contributed by atoms with Crippen LogP contribution in [0, 0.1) is 0 Å². The predicted octanol–water partition coefficient (Wildman–Crippen LogP) is 2.03. The summed E-state index contributed by atoms with van der Waals surface area (Å²) in [5, 5.41) is 3.11. The molecule has 2 rings (SSSR count). The Bertz CT molecular complexity index is 706. The third-order valence-electron chi connectivity index (χ3n) is 4.09. The maximum atomic E-state index is 12.9. The molecular formula is C18H27NO5S. The Morgan fingerprint density at radius 3 is 2.40 bits per heavy atom. The highest BCUT2D eigenvalue weighted by atomic mass is 32.2. The molecule has 1 heterocycles. The van der Waals surface area contributed by atoms with Crippen molar-refractivity contribution in [3.63, 3.8) is 0 Å². The summed E-state index contributed by atoms with van der Waals surface area (Å²) in [6, 6.07) is 6.95. The van der Waals surface area contributed by atoms with Crippen LogP contribution in [0.2, 0.25) is 0 Å². The number of ether oxygens (including phenoxy) is 2. The van der Waals surface area contributed by atoms with Crippen LogP contribution in [0.3, 0.4) is 0 Å². The van der Waals surface area contributed by atoms with Crippen molar-refractivity contribution in [2.45, 2.75) is 44.5 Å². The SMILES string of the molecule is CCOC(=O)CC1(c2ccc(OC(C)(C)C)cc2)CNCCS1(=O)=O. The van der Waals surface area contributed by atoms with Crippen molar-refractivity contribution < 1.29 is 22.7 Å². The summed E-state index contributed by atoms with van der Waals surface area (Å²) in [5.41, 5.74) is 0.233. The zero-order chi connectivity index (χ0) is 18.7. The van der Waals surface area contributed by atoms with Crippen molar-refractivity contribution >= 4 is 15.8 Å². The first-order chi connectivity index (χ1) is 11.6. The minimum Gasteiger partial charge on any atom is -0.488 e. The summed E-state index contributed by atoms with van der Waals surface area (Å²) in [4.78, 5) is 12.1. The summed E-state index contributed by atoms with van der Waals surface area (Å²) >= 11 is 0.